The van der Waals surface area contributed by atoms with Crippen LogP contribution in [0.5, 0.6) is 0 Å². The van der Waals surface area contributed by atoms with Crippen molar-refractivity contribution in [3.05, 3.63) is 96.6 Å². The van der Waals surface area contributed by atoms with E-state index in [2.05, 4.69) is 93.6 Å². The van der Waals surface area contributed by atoms with Crippen LogP contribution in [-0.4, -0.2) is 31.4 Å². The smallest absolute Gasteiger partial charge is 0.115 e. The van der Waals surface area contributed by atoms with Crippen LogP contribution in [0.4, 0.5) is 0 Å². The summed E-state index contributed by atoms with van der Waals surface area (Å²) in [6.45, 7) is 6.29. The average molecular weight is 436 g/mol. The van der Waals surface area contributed by atoms with Gasteiger partial charge in [0.2, 0.25) is 0 Å². The topological polar surface area (TPSA) is 0 Å². The van der Waals surface area contributed by atoms with E-state index >= 15 is 0 Å². The largest absolute Gasteiger partial charge is 0.134 e. The Balaban J connectivity index is 2.30. The van der Waals surface area contributed by atoms with Crippen molar-refractivity contribution in [2.45, 2.75) is 45.8 Å². The third-order valence-corrected chi connectivity index (χ3v) is 9.94. The van der Waals surface area contributed by atoms with E-state index < -0.39 is 10.0 Å². The van der Waals surface area contributed by atoms with Gasteiger partial charge < -0.3 is 0 Å². The van der Waals surface area contributed by atoms with Gasteiger partial charge in [-0.25, -0.2) is 0 Å². The van der Waals surface area contributed by atoms with Crippen LogP contribution in [0.25, 0.3) is 0 Å². The molecule has 0 unspecified atom stereocenters. The van der Waals surface area contributed by atoms with E-state index in [1.807, 2.05) is 18.2 Å². The lowest BCUT2D eigenvalue weighted by Crippen LogP contribution is -2.51. The van der Waals surface area contributed by atoms with Crippen molar-refractivity contribution in [3.8, 4) is 0 Å². The summed E-state index contributed by atoms with van der Waals surface area (Å²) < 4.78 is 0. The monoisotopic (exact) mass is 436 g/mol. The molecule has 0 fully saturated rings. The standard InChI is InChI=1S/C28H24B4S/c1-28(2,3)22-23(29)25(31)26(32)27(24(22)30)33(19-13-7-4-8-14-19,20-15-9-5-10-16-20)21-17-11-6-12-18-21/h4-18H,1-3H3. The highest BCUT2D eigenvalue weighted by Crippen LogP contribution is 2.72. The molecule has 4 aromatic carbocycles. The van der Waals surface area contributed by atoms with Crippen LogP contribution in [0.15, 0.2) is 111 Å². The maximum absolute atomic E-state index is 7.04. The summed E-state index contributed by atoms with van der Waals surface area (Å²) in [6, 6.07) is 31.3. The summed E-state index contributed by atoms with van der Waals surface area (Å²) in [4.78, 5) is 4.24. The molecule has 5 heteroatoms. The van der Waals surface area contributed by atoms with Gasteiger partial charge in [-0.2, -0.15) is 0 Å². The minimum atomic E-state index is -2.08. The second-order valence-electron chi connectivity index (χ2n) is 9.16. The van der Waals surface area contributed by atoms with E-state index in [1.54, 1.807) is 0 Å². The lowest BCUT2D eigenvalue weighted by molar-refractivity contribution is 0.597. The van der Waals surface area contributed by atoms with Crippen molar-refractivity contribution in [2.75, 3.05) is 0 Å². The summed E-state index contributed by atoms with van der Waals surface area (Å²) in [6.07, 6.45) is 0. The van der Waals surface area contributed by atoms with E-state index in [0.29, 0.717) is 21.9 Å². The fourth-order valence-corrected chi connectivity index (χ4v) is 8.67. The van der Waals surface area contributed by atoms with Gasteiger partial charge >= 0.3 is 0 Å². The Bertz CT molecular complexity index is 1170. The molecule has 0 spiro atoms. The Kier molecular flexibility index (Phi) is 6.47. The number of benzene rings is 4. The van der Waals surface area contributed by atoms with E-state index in [4.69, 9.17) is 31.4 Å². The van der Waals surface area contributed by atoms with E-state index in [9.17, 15) is 0 Å². The first-order valence-corrected chi connectivity index (χ1v) is 12.6. The zero-order valence-electron chi connectivity index (χ0n) is 19.4. The van der Waals surface area contributed by atoms with E-state index in [-0.39, 0.29) is 5.41 Å². The maximum Gasteiger partial charge on any atom is 0.115 e. The molecule has 0 amide bonds. The molecule has 0 aliphatic heterocycles. The van der Waals surface area contributed by atoms with Gasteiger partial charge in [0.05, 0.1) is 0 Å². The van der Waals surface area contributed by atoms with Gasteiger partial charge in [-0.05, 0) is 46.7 Å². The molecule has 4 rings (SSSR count). The molecule has 0 saturated carbocycles. The summed E-state index contributed by atoms with van der Waals surface area (Å²) in [7, 11) is 24.9. The molecule has 33 heavy (non-hydrogen) atoms. The summed E-state index contributed by atoms with van der Waals surface area (Å²) in [5.74, 6) is 0. The first kappa shape index (κ1) is 23.6. The molecule has 0 nitrogen and oxygen atoms in total. The summed E-state index contributed by atoms with van der Waals surface area (Å²) >= 11 is 0. The van der Waals surface area contributed by atoms with Gasteiger partial charge in [-0.15, -0.1) is 21.0 Å². The molecule has 8 radical (unpaired) electrons. The zero-order chi connectivity index (χ0) is 23.8. The fourth-order valence-electron chi connectivity index (χ4n) is 4.58. The molecule has 0 N–H and O–H groups in total. The lowest BCUT2D eigenvalue weighted by atomic mass is 9.62. The SMILES string of the molecule is [B]c1c([B])c(C(C)(C)C)c([B])c(S(c2ccccc2)(c2ccccc2)c2ccccc2)c1[B]. The highest BCUT2D eigenvalue weighted by atomic mass is 32.3. The predicted octanol–water partition coefficient (Wildman–Crippen LogP) is 3.50. The molecule has 0 saturated heterocycles. The molecule has 0 aliphatic rings. The fraction of sp³-hybridized carbons (Fsp3) is 0.143. The van der Waals surface area contributed by atoms with Gasteiger partial charge in [-0.3, -0.25) is 0 Å². The van der Waals surface area contributed by atoms with Crippen LogP contribution in [0.2, 0.25) is 0 Å². The average Bonchev–Trinajstić information content (AvgIpc) is 2.81. The molecular weight excluding hydrogens is 412 g/mol. The third-order valence-electron chi connectivity index (χ3n) is 5.95. The predicted molar refractivity (Wildman–Crippen MR) is 147 cm³/mol. The van der Waals surface area contributed by atoms with Crippen molar-refractivity contribution >= 4 is 63.3 Å². The van der Waals surface area contributed by atoms with Crippen LogP contribution in [0.3, 0.4) is 0 Å². The zero-order valence-corrected chi connectivity index (χ0v) is 20.2. The van der Waals surface area contributed by atoms with Crippen molar-refractivity contribution < 1.29 is 0 Å². The van der Waals surface area contributed by atoms with Gasteiger partial charge in [0.15, 0.2) is 0 Å². The highest BCUT2D eigenvalue weighted by Gasteiger charge is 2.37. The molecule has 0 heterocycles. The van der Waals surface area contributed by atoms with Crippen molar-refractivity contribution in [2.24, 2.45) is 0 Å². The normalized spacial score (nSPS) is 12.5. The summed E-state index contributed by atoms with van der Waals surface area (Å²) in [5, 5.41) is 0. The first-order valence-electron chi connectivity index (χ1n) is 11.0. The van der Waals surface area contributed by atoms with Crippen LogP contribution in [0.1, 0.15) is 26.3 Å². The van der Waals surface area contributed by atoms with E-state index in [1.165, 1.54) is 0 Å². The van der Waals surface area contributed by atoms with Crippen LogP contribution in [0, 0.1) is 0 Å². The van der Waals surface area contributed by atoms with Crippen molar-refractivity contribution in [1.29, 1.82) is 0 Å². The number of rotatable bonds is 4. The Labute approximate surface area is 205 Å². The number of hydrogen-bond donors (Lipinski definition) is 0. The van der Waals surface area contributed by atoms with Gasteiger partial charge in [0.25, 0.3) is 0 Å². The Hall–Kier alpha value is -2.51. The molecule has 154 valence electrons. The molecule has 0 atom stereocenters. The second-order valence-corrected chi connectivity index (χ2v) is 12.2. The maximum atomic E-state index is 7.04. The van der Waals surface area contributed by atoms with Crippen LogP contribution < -0.4 is 21.9 Å². The molecule has 0 bridgehead atoms. The van der Waals surface area contributed by atoms with Crippen LogP contribution in [-0.2, 0) is 5.41 Å². The third kappa shape index (κ3) is 3.91. The second kappa shape index (κ2) is 9.03. The van der Waals surface area contributed by atoms with Gasteiger partial charge in [0.1, 0.15) is 31.4 Å². The minimum Gasteiger partial charge on any atom is -0.134 e. The lowest BCUT2D eigenvalue weighted by Gasteiger charge is -2.46. The van der Waals surface area contributed by atoms with Crippen molar-refractivity contribution in [3.63, 3.8) is 0 Å². The quantitative estimate of drug-likeness (QED) is 0.430. The molecule has 0 aliphatic carbocycles. The van der Waals surface area contributed by atoms with Gasteiger partial charge in [0, 0.05) is 14.7 Å². The van der Waals surface area contributed by atoms with Gasteiger partial charge in [-0.1, -0.05) is 91.9 Å². The Morgan fingerprint density at radius 1 is 0.485 bits per heavy atom. The van der Waals surface area contributed by atoms with Crippen LogP contribution >= 0.6 is 10.0 Å². The van der Waals surface area contributed by atoms with E-state index in [0.717, 1.165) is 25.1 Å². The first-order chi connectivity index (χ1) is 15.7. The molecule has 0 aromatic heterocycles. The molecular formula is C28H24B4S. The number of hydrogen-bond acceptors (Lipinski definition) is 0. The Morgan fingerprint density at radius 2 is 0.848 bits per heavy atom. The Morgan fingerprint density at radius 3 is 1.18 bits per heavy atom. The van der Waals surface area contributed by atoms with Crippen molar-refractivity contribution in [1.82, 2.24) is 0 Å². The minimum absolute atomic E-state index is 0.319. The summed E-state index contributed by atoms with van der Waals surface area (Å²) in [5.41, 5.74) is 2.43. The highest BCUT2D eigenvalue weighted by molar-refractivity contribution is 8.34. The molecule has 4 aromatic rings.